The fourth-order valence-electron chi connectivity index (χ4n) is 5.02. The molecule has 0 amide bonds. The summed E-state index contributed by atoms with van der Waals surface area (Å²) >= 11 is 6.25. The number of anilines is 1. The minimum Gasteiger partial charge on any atom is -0.487 e. The van der Waals surface area contributed by atoms with Crippen LogP contribution in [0.3, 0.4) is 0 Å². The van der Waals surface area contributed by atoms with Crippen molar-refractivity contribution >= 4 is 29.0 Å². The molecule has 186 valence electrons. The average Bonchev–Trinajstić information content (AvgIpc) is 2.88. The Kier molecular flexibility index (Phi) is 8.14. The molecule has 0 unspecified atom stereocenters. The second-order valence-electron chi connectivity index (χ2n) is 9.34. The molecule has 4 rings (SSSR count). The molecule has 1 aliphatic heterocycles. The smallest absolute Gasteiger partial charge is 0.379 e. The number of halogens is 1. The third-order valence-corrected chi connectivity index (χ3v) is 7.45. The number of ketones is 1. The fourth-order valence-corrected chi connectivity index (χ4v) is 5.21. The number of Topliss-reactive ketones (excluding diaryl/α,β-unsaturated/α-hetero) is 1. The van der Waals surface area contributed by atoms with Gasteiger partial charge in [0.1, 0.15) is 12.4 Å². The number of fused-ring (bicyclic) bond motifs is 2. The molecule has 0 bridgehead atoms. The molecule has 2 aromatic rings. The number of nitrogens with zero attached hydrogens (tertiary/aromatic N) is 1. The van der Waals surface area contributed by atoms with Crippen LogP contribution in [0.1, 0.15) is 47.2 Å². The minimum atomic E-state index is -0.895. The number of benzene rings is 2. The van der Waals surface area contributed by atoms with Crippen molar-refractivity contribution in [1.82, 2.24) is 0 Å². The van der Waals surface area contributed by atoms with E-state index in [9.17, 15) is 14.7 Å². The second kappa shape index (κ2) is 11.3. The molecule has 0 saturated heterocycles. The zero-order chi connectivity index (χ0) is 24.9. The number of hydrogen-bond donors (Lipinski definition) is 1. The molecule has 2 aromatic carbocycles. The van der Waals surface area contributed by atoms with Gasteiger partial charge in [-0.2, -0.15) is 0 Å². The number of carbonyl (C=O) groups excluding carboxylic acids is 2. The van der Waals surface area contributed by atoms with Gasteiger partial charge >= 0.3 is 5.97 Å². The molecule has 1 saturated carbocycles. The molecule has 1 fully saturated rings. The van der Waals surface area contributed by atoms with E-state index >= 15 is 0 Å². The summed E-state index contributed by atoms with van der Waals surface area (Å²) < 4.78 is 10.9. The van der Waals surface area contributed by atoms with Crippen LogP contribution in [0.15, 0.2) is 49.1 Å². The molecule has 7 heteroatoms. The van der Waals surface area contributed by atoms with E-state index in [1.165, 1.54) is 12.7 Å². The topological polar surface area (TPSA) is 76.1 Å². The van der Waals surface area contributed by atoms with Crippen LogP contribution in [-0.2, 0) is 22.6 Å². The fraction of sp³-hybridized carbons (Fsp3) is 0.429. The zero-order valence-corrected chi connectivity index (χ0v) is 20.8. The maximum Gasteiger partial charge on any atom is 0.379 e. The first-order valence-corrected chi connectivity index (χ1v) is 12.5. The number of carbonyl (C=O) groups is 2. The van der Waals surface area contributed by atoms with Gasteiger partial charge in [-0.3, -0.25) is 4.79 Å². The molecule has 6 nitrogen and oxygen atoms in total. The van der Waals surface area contributed by atoms with Gasteiger partial charge < -0.3 is 19.5 Å². The third kappa shape index (κ3) is 5.71. The molecular weight excluding hydrogens is 466 g/mol. The van der Waals surface area contributed by atoms with E-state index in [2.05, 4.69) is 16.2 Å². The van der Waals surface area contributed by atoms with Gasteiger partial charge in [0.05, 0.1) is 18.9 Å². The van der Waals surface area contributed by atoms with Crippen LogP contribution < -0.4 is 9.64 Å². The first-order valence-electron chi connectivity index (χ1n) is 12.1. The Balaban J connectivity index is 1.68. The molecule has 1 heterocycles. The summed E-state index contributed by atoms with van der Waals surface area (Å²) in [6, 6.07) is 11.0. The highest BCUT2D eigenvalue weighted by Crippen LogP contribution is 2.40. The van der Waals surface area contributed by atoms with Crippen LogP contribution in [-0.4, -0.2) is 43.2 Å². The summed E-state index contributed by atoms with van der Waals surface area (Å²) in [5, 5.41) is 11.1. The summed E-state index contributed by atoms with van der Waals surface area (Å²) in [5.41, 5.74) is 3.30. The number of aliphatic hydroxyl groups excluding tert-OH is 1. The molecule has 2 aliphatic rings. The predicted molar refractivity (Wildman–Crippen MR) is 136 cm³/mol. The summed E-state index contributed by atoms with van der Waals surface area (Å²) in [7, 11) is 1.20. The Morgan fingerprint density at radius 3 is 2.77 bits per heavy atom. The molecule has 3 atom stereocenters. The van der Waals surface area contributed by atoms with E-state index in [0.29, 0.717) is 23.3 Å². The van der Waals surface area contributed by atoms with Gasteiger partial charge in [0.15, 0.2) is 0 Å². The number of methoxy groups -OCH3 is 1. The second-order valence-corrected chi connectivity index (χ2v) is 9.77. The van der Waals surface area contributed by atoms with Crippen LogP contribution in [0.4, 0.5) is 5.69 Å². The third-order valence-electron chi connectivity index (χ3n) is 7.22. The first-order chi connectivity index (χ1) is 16.9. The van der Waals surface area contributed by atoms with Crippen molar-refractivity contribution in [2.75, 3.05) is 25.1 Å². The summed E-state index contributed by atoms with van der Waals surface area (Å²) in [5.74, 6) is -0.464. The maximum absolute atomic E-state index is 12.6. The van der Waals surface area contributed by atoms with E-state index in [4.69, 9.17) is 16.3 Å². The van der Waals surface area contributed by atoms with E-state index in [1.807, 2.05) is 18.2 Å². The lowest BCUT2D eigenvalue weighted by Crippen LogP contribution is -2.43. The molecule has 0 aromatic heterocycles. The Morgan fingerprint density at radius 2 is 2.06 bits per heavy atom. The largest absolute Gasteiger partial charge is 0.487 e. The van der Waals surface area contributed by atoms with Gasteiger partial charge in [0.2, 0.25) is 0 Å². The number of aryl methyl sites for hydroxylation is 1. The van der Waals surface area contributed by atoms with Crippen LogP contribution >= 0.6 is 11.6 Å². The predicted octanol–water partition coefficient (Wildman–Crippen LogP) is 4.99. The van der Waals surface area contributed by atoms with Gasteiger partial charge in [-0.15, -0.1) is 6.58 Å². The van der Waals surface area contributed by atoms with Crippen molar-refractivity contribution in [3.05, 3.63) is 70.8 Å². The number of hydrogen-bond acceptors (Lipinski definition) is 6. The van der Waals surface area contributed by atoms with Crippen LogP contribution in [0.5, 0.6) is 5.75 Å². The lowest BCUT2D eigenvalue weighted by Gasteiger charge is -2.42. The Hall–Kier alpha value is -2.83. The average molecular weight is 498 g/mol. The van der Waals surface area contributed by atoms with Gasteiger partial charge in [0, 0.05) is 23.7 Å². The van der Waals surface area contributed by atoms with Gasteiger partial charge in [-0.05, 0) is 85.4 Å². The summed E-state index contributed by atoms with van der Waals surface area (Å²) in [6.45, 7) is 5.60. The van der Waals surface area contributed by atoms with Crippen LogP contribution in [0.25, 0.3) is 0 Å². The molecule has 0 spiro atoms. The maximum atomic E-state index is 12.6. The zero-order valence-electron chi connectivity index (χ0n) is 20.0. The van der Waals surface area contributed by atoms with Crippen LogP contribution in [0.2, 0.25) is 5.02 Å². The highest BCUT2D eigenvalue weighted by atomic mass is 35.5. The molecule has 35 heavy (non-hydrogen) atoms. The number of esters is 1. The number of rotatable bonds is 6. The summed E-state index contributed by atoms with van der Waals surface area (Å²) in [6.07, 6.45) is 5.87. The lowest BCUT2D eigenvalue weighted by atomic mass is 9.70. The molecule has 1 N–H and O–H groups in total. The van der Waals surface area contributed by atoms with Crippen molar-refractivity contribution in [2.24, 2.45) is 11.8 Å². The van der Waals surface area contributed by atoms with Gasteiger partial charge in [-0.25, -0.2) is 4.79 Å². The van der Waals surface area contributed by atoms with E-state index in [1.54, 1.807) is 24.3 Å². The van der Waals surface area contributed by atoms with E-state index in [-0.39, 0.29) is 11.5 Å². The van der Waals surface area contributed by atoms with Crippen molar-refractivity contribution in [2.45, 2.75) is 44.8 Å². The quantitative estimate of drug-likeness (QED) is 0.262. The van der Waals surface area contributed by atoms with E-state index in [0.717, 1.165) is 56.4 Å². The van der Waals surface area contributed by atoms with E-state index < -0.39 is 17.9 Å². The van der Waals surface area contributed by atoms with Gasteiger partial charge in [-0.1, -0.05) is 23.7 Å². The molecule has 0 radical (unpaired) electrons. The SMILES string of the molecule is C=C[C@H](O)[C@@H]1CC[C@H]1CN1CCCCc2cc(Cl)ccc2COc2ccc(C(=O)C(=O)OC)cc21. The normalized spacial score (nSPS) is 20.7. The molecular formula is C28H32ClNO5. The van der Waals surface area contributed by atoms with Crippen molar-refractivity contribution in [3.63, 3.8) is 0 Å². The Labute approximate surface area is 211 Å². The number of ether oxygens (including phenoxy) is 2. The first kappa shape index (κ1) is 25.3. The van der Waals surface area contributed by atoms with Crippen molar-refractivity contribution in [1.29, 1.82) is 0 Å². The lowest BCUT2D eigenvalue weighted by molar-refractivity contribution is -0.135. The molecule has 1 aliphatic carbocycles. The van der Waals surface area contributed by atoms with Gasteiger partial charge in [0.25, 0.3) is 5.78 Å². The standard InChI is InChI=1S/C28H32ClNO5/c1-3-25(31)23-11-8-20(23)16-30-13-5-4-6-18-14-22(29)10-7-21(18)17-35-26-12-9-19(15-24(26)30)27(32)28(33)34-2/h3,7,9-10,12,14-15,20,23,25,31H,1,4-6,8,11,13,16-17H2,2H3/t20-,23+,25-/m0/s1. The summed E-state index contributed by atoms with van der Waals surface area (Å²) in [4.78, 5) is 26.7. The van der Waals surface area contributed by atoms with Crippen molar-refractivity contribution in [3.8, 4) is 5.75 Å². The minimum absolute atomic E-state index is 0.168. The highest BCUT2D eigenvalue weighted by Gasteiger charge is 2.36. The van der Waals surface area contributed by atoms with Crippen LogP contribution in [0, 0.1) is 11.8 Å². The highest BCUT2D eigenvalue weighted by molar-refractivity contribution is 6.40. The number of aliphatic hydroxyl groups is 1. The Bertz CT molecular complexity index is 1100. The van der Waals surface area contributed by atoms with Crippen molar-refractivity contribution < 1.29 is 24.2 Å². The Morgan fingerprint density at radius 1 is 1.23 bits per heavy atom. The monoisotopic (exact) mass is 497 g/mol.